The van der Waals surface area contributed by atoms with E-state index in [1.54, 1.807) is 12.1 Å². The largest absolute Gasteiger partial charge is 0.456 e. The number of esters is 1. The lowest BCUT2D eigenvalue weighted by atomic mass is 10.1. The summed E-state index contributed by atoms with van der Waals surface area (Å²) in [6.45, 7) is 8.17. The van der Waals surface area contributed by atoms with Crippen molar-refractivity contribution in [2.45, 2.75) is 32.5 Å². The van der Waals surface area contributed by atoms with E-state index in [-0.39, 0.29) is 5.97 Å². The number of nitrogens with zero attached hydrogens (tertiary/aromatic N) is 3. The Balaban J connectivity index is 1.58. The molecule has 0 bridgehead atoms. The Hall–Kier alpha value is -2.77. The summed E-state index contributed by atoms with van der Waals surface area (Å²) >= 11 is 0. The topological polar surface area (TPSA) is 45.7 Å². The smallest absolute Gasteiger partial charge is 0.417 e. The SMILES string of the molecule is CC(C)(C)OC(=O)c1ccc(N2CCN(c3ccc(C(F)(F)F)cn3)CC2)cc1. The highest BCUT2D eigenvalue weighted by Crippen LogP contribution is 2.29. The fraction of sp³-hybridized carbons (Fsp3) is 0.429. The summed E-state index contributed by atoms with van der Waals surface area (Å²) in [5.41, 5.74) is 0.192. The molecule has 0 saturated carbocycles. The van der Waals surface area contributed by atoms with Gasteiger partial charge in [-0.1, -0.05) is 0 Å². The van der Waals surface area contributed by atoms with Crippen LogP contribution in [0.3, 0.4) is 0 Å². The third-order valence-corrected chi connectivity index (χ3v) is 4.55. The Bertz CT molecular complexity index is 835. The number of aromatic nitrogens is 1. The Morgan fingerprint density at radius 1 is 0.931 bits per heavy atom. The van der Waals surface area contributed by atoms with Gasteiger partial charge in [0.05, 0.1) is 11.1 Å². The minimum absolute atomic E-state index is 0.359. The number of alkyl halides is 3. The van der Waals surface area contributed by atoms with Gasteiger partial charge in [0, 0.05) is 38.1 Å². The van der Waals surface area contributed by atoms with Gasteiger partial charge in [0.15, 0.2) is 0 Å². The van der Waals surface area contributed by atoms with Crippen LogP contribution in [0.2, 0.25) is 0 Å². The number of pyridine rings is 1. The number of hydrogen-bond donors (Lipinski definition) is 0. The molecule has 1 aromatic carbocycles. The number of piperazine rings is 1. The van der Waals surface area contributed by atoms with Crippen LogP contribution in [0.25, 0.3) is 0 Å². The van der Waals surface area contributed by atoms with E-state index < -0.39 is 17.3 Å². The molecule has 0 N–H and O–H groups in total. The van der Waals surface area contributed by atoms with Crippen molar-refractivity contribution in [2.24, 2.45) is 0 Å². The second kappa shape index (κ2) is 7.93. The highest BCUT2D eigenvalue weighted by atomic mass is 19.4. The monoisotopic (exact) mass is 407 g/mol. The van der Waals surface area contributed by atoms with Gasteiger partial charge in [-0.3, -0.25) is 0 Å². The van der Waals surface area contributed by atoms with Gasteiger partial charge in [-0.25, -0.2) is 9.78 Å². The van der Waals surface area contributed by atoms with E-state index in [0.717, 1.165) is 18.0 Å². The summed E-state index contributed by atoms with van der Waals surface area (Å²) in [5.74, 6) is 0.181. The summed E-state index contributed by atoms with van der Waals surface area (Å²) in [6, 6.07) is 9.72. The van der Waals surface area contributed by atoms with E-state index in [2.05, 4.69) is 9.88 Å². The fourth-order valence-electron chi connectivity index (χ4n) is 3.08. The minimum atomic E-state index is -4.38. The first-order chi connectivity index (χ1) is 13.5. The molecular formula is C21H24F3N3O2. The zero-order chi connectivity index (χ0) is 21.2. The molecule has 8 heteroatoms. The molecule has 1 aromatic heterocycles. The molecule has 3 rings (SSSR count). The van der Waals surface area contributed by atoms with Crippen molar-refractivity contribution in [1.29, 1.82) is 0 Å². The second-order valence-corrected chi connectivity index (χ2v) is 7.93. The van der Waals surface area contributed by atoms with Crippen LogP contribution in [0, 0.1) is 0 Å². The number of benzene rings is 1. The van der Waals surface area contributed by atoms with Crippen molar-refractivity contribution in [2.75, 3.05) is 36.0 Å². The Morgan fingerprint density at radius 3 is 2.00 bits per heavy atom. The minimum Gasteiger partial charge on any atom is -0.456 e. The number of carbonyl (C=O) groups is 1. The van der Waals surface area contributed by atoms with E-state index in [1.165, 1.54) is 6.07 Å². The zero-order valence-electron chi connectivity index (χ0n) is 16.7. The van der Waals surface area contributed by atoms with Gasteiger partial charge in [0.2, 0.25) is 0 Å². The van der Waals surface area contributed by atoms with Gasteiger partial charge >= 0.3 is 12.1 Å². The van der Waals surface area contributed by atoms with E-state index in [0.29, 0.717) is 37.6 Å². The molecular weight excluding hydrogens is 383 g/mol. The average molecular weight is 407 g/mol. The quantitative estimate of drug-likeness (QED) is 0.707. The normalized spacial score (nSPS) is 15.4. The van der Waals surface area contributed by atoms with Crippen molar-refractivity contribution >= 4 is 17.5 Å². The molecule has 1 saturated heterocycles. The molecule has 0 amide bonds. The Labute approximate surface area is 168 Å². The predicted molar refractivity (Wildman–Crippen MR) is 105 cm³/mol. The van der Waals surface area contributed by atoms with Crippen LogP contribution in [0.15, 0.2) is 42.6 Å². The number of carbonyl (C=O) groups excluding carboxylic acids is 1. The molecule has 5 nitrogen and oxygen atoms in total. The highest BCUT2D eigenvalue weighted by molar-refractivity contribution is 5.90. The van der Waals surface area contributed by atoms with Crippen LogP contribution >= 0.6 is 0 Å². The molecule has 2 heterocycles. The van der Waals surface area contributed by atoms with Crippen molar-refractivity contribution in [3.8, 4) is 0 Å². The molecule has 2 aromatic rings. The molecule has 1 aliphatic rings. The Kier molecular flexibility index (Phi) is 5.73. The summed E-state index contributed by atoms with van der Waals surface area (Å²) in [7, 11) is 0. The molecule has 1 aliphatic heterocycles. The van der Waals surface area contributed by atoms with Gasteiger partial charge in [-0.05, 0) is 57.2 Å². The molecule has 156 valence electrons. The standard InChI is InChI=1S/C21H24F3N3O2/c1-20(2,3)29-19(28)15-4-7-17(8-5-15)26-10-12-27(13-11-26)18-9-6-16(14-25-18)21(22,23)24/h4-9,14H,10-13H2,1-3H3. The molecule has 0 unspecified atom stereocenters. The fourth-order valence-corrected chi connectivity index (χ4v) is 3.08. The van der Waals surface area contributed by atoms with E-state index in [1.807, 2.05) is 37.8 Å². The molecule has 1 fully saturated rings. The van der Waals surface area contributed by atoms with Crippen LogP contribution < -0.4 is 9.80 Å². The second-order valence-electron chi connectivity index (χ2n) is 7.93. The summed E-state index contributed by atoms with van der Waals surface area (Å²) < 4.78 is 43.4. The lowest BCUT2D eigenvalue weighted by Crippen LogP contribution is -2.46. The predicted octanol–water partition coefficient (Wildman–Crippen LogP) is 4.38. The summed E-state index contributed by atoms with van der Waals surface area (Å²) in [6.07, 6.45) is -3.51. The van der Waals surface area contributed by atoms with Crippen LogP contribution in [0.4, 0.5) is 24.7 Å². The van der Waals surface area contributed by atoms with Gasteiger partial charge in [-0.2, -0.15) is 13.2 Å². The lowest BCUT2D eigenvalue weighted by molar-refractivity contribution is -0.137. The van der Waals surface area contributed by atoms with Crippen molar-refractivity contribution < 1.29 is 22.7 Å². The van der Waals surface area contributed by atoms with E-state index in [9.17, 15) is 18.0 Å². The van der Waals surface area contributed by atoms with Gasteiger partial charge in [-0.15, -0.1) is 0 Å². The van der Waals surface area contributed by atoms with Crippen molar-refractivity contribution in [3.63, 3.8) is 0 Å². The molecule has 0 atom stereocenters. The average Bonchev–Trinajstić information content (AvgIpc) is 2.66. The molecule has 0 radical (unpaired) electrons. The number of halogens is 3. The van der Waals surface area contributed by atoms with Crippen LogP contribution in [-0.4, -0.2) is 42.7 Å². The van der Waals surface area contributed by atoms with Crippen molar-refractivity contribution in [3.05, 3.63) is 53.7 Å². The van der Waals surface area contributed by atoms with Gasteiger partial charge in [0.1, 0.15) is 11.4 Å². The maximum atomic E-state index is 12.7. The van der Waals surface area contributed by atoms with E-state index in [4.69, 9.17) is 4.74 Å². The third-order valence-electron chi connectivity index (χ3n) is 4.55. The number of hydrogen-bond acceptors (Lipinski definition) is 5. The molecule has 0 spiro atoms. The maximum Gasteiger partial charge on any atom is 0.417 e. The maximum absolute atomic E-state index is 12.7. The number of ether oxygens (including phenoxy) is 1. The first-order valence-corrected chi connectivity index (χ1v) is 9.39. The number of anilines is 2. The van der Waals surface area contributed by atoms with Crippen LogP contribution in [0.5, 0.6) is 0 Å². The molecule has 0 aliphatic carbocycles. The molecule has 29 heavy (non-hydrogen) atoms. The first kappa shape index (κ1) is 21.0. The zero-order valence-corrected chi connectivity index (χ0v) is 16.7. The highest BCUT2D eigenvalue weighted by Gasteiger charge is 2.31. The summed E-state index contributed by atoms with van der Waals surface area (Å²) in [4.78, 5) is 20.2. The van der Waals surface area contributed by atoms with Crippen LogP contribution in [0.1, 0.15) is 36.7 Å². The summed E-state index contributed by atoms with van der Waals surface area (Å²) in [5, 5.41) is 0. The first-order valence-electron chi connectivity index (χ1n) is 9.39. The van der Waals surface area contributed by atoms with Gasteiger partial charge < -0.3 is 14.5 Å². The number of rotatable bonds is 3. The van der Waals surface area contributed by atoms with E-state index >= 15 is 0 Å². The third kappa shape index (κ3) is 5.40. The van der Waals surface area contributed by atoms with Crippen LogP contribution in [-0.2, 0) is 10.9 Å². The lowest BCUT2D eigenvalue weighted by Gasteiger charge is -2.36. The van der Waals surface area contributed by atoms with Crippen molar-refractivity contribution in [1.82, 2.24) is 4.98 Å². The van der Waals surface area contributed by atoms with Gasteiger partial charge in [0.25, 0.3) is 0 Å². The Morgan fingerprint density at radius 2 is 1.52 bits per heavy atom.